The lowest BCUT2D eigenvalue weighted by Gasteiger charge is -2.14. The number of methoxy groups -OCH3 is 1. The first kappa shape index (κ1) is 19.7. The predicted octanol–water partition coefficient (Wildman–Crippen LogP) is 3.99. The number of aryl methyl sites for hydroxylation is 1. The van der Waals surface area contributed by atoms with Gasteiger partial charge < -0.3 is 14.8 Å². The lowest BCUT2D eigenvalue weighted by molar-refractivity contribution is -0.153. The van der Waals surface area contributed by atoms with Crippen molar-refractivity contribution in [1.82, 2.24) is 0 Å². The van der Waals surface area contributed by atoms with Gasteiger partial charge in [-0.05, 0) is 49.2 Å². The molecule has 0 heterocycles. The van der Waals surface area contributed by atoms with Crippen LogP contribution in [0.5, 0.6) is 5.75 Å². The van der Waals surface area contributed by atoms with Crippen LogP contribution >= 0.6 is 11.6 Å². The van der Waals surface area contributed by atoms with Crippen molar-refractivity contribution in [3.05, 3.63) is 58.9 Å². The zero-order chi connectivity index (χ0) is 19.1. The van der Waals surface area contributed by atoms with Crippen molar-refractivity contribution in [2.75, 3.05) is 12.4 Å². The molecule has 1 N–H and O–H groups in total. The van der Waals surface area contributed by atoms with Gasteiger partial charge in [0.05, 0.1) is 12.1 Å². The van der Waals surface area contributed by atoms with E-state index in [1.807, 2.05) is 24.3 Å². The summed E-state index contributed by atoms with van der Waals surface area (Å²) in [6.07, 6.45) is -0.348. The van der Waals surface area contributed by atoms with E-state index >= 15 is 0 Å². The topological polar surface area (TPSA) is 64.6 Å². The minimum absolute atomic E-state index is 0.105. The monoisotopic (exact) mass is 379 g/mol. The molecule has 0 spiro atoms. The van der Waals surface area contributed by atoms with E-state index < -0.39 is 23.8 Å². The van der Waals surface area contributed by atoms with E-state index in [2.05, 4.69) is 5.32 Å². The summed E-state index contributed by atoms with van der Waals surface area (Å²) < 4.78 is 23.3. The Morgan fingerprint density at radius 2 is 1.88 bits per heavy atom. The maximum absolute atomic E-state index is 13.1. The van der Waals surface area contributed by atoms with Gasteiger partial charge in [-0.2, -0.15) is 0 Å². The first-order chi connectivity index (χ1) is 12.4. The van der Waals surface area contributed by atoms with E-state index in [-0.39, 0.29) is 11.4 Å². The molecule has 138 valence electrons. The summed E-state index contributed by atoms with van der Waals surface area (Å²) in [5, 5.41) is 2.42. The minimum Gasteiger partial charge on any atom is -0.497 e. The molecule has 0 saturated heterocycles. The lowest BCUT2D eigenvalue weighted by Crippen LogP contribution is -2.30. The van der Waals surface area contributed by atoms with E-state index in [0.29, 0.717) is 12.1 Å². The van der Waals surface area contributed by atoms with Crippen LogP contribution in [0.4, 0.5) is 10.1 Å². The number of rotatable bonds is 7. The molecule has 1 atom stereocenters. The maximum Gasteiger partial charge on any atom is 0.306 e. The zero-order valence-electron chi connectivity index (χ0n) is 14.4. The van der Waals surface area contributed by atoms with Gasteiger partial charge in [0.2, 0.25) is 0 Å². The average Bonchev–Trinajstić information content (AvgIpc) is 2.63. The van der Waals surface area contributed by atoms with Crippen molar-refractivity contribution in [2.24, 2.45) is 0 Å². The van der Waals surface area contributed by atoms with Crippen molar-refractivity contribution in [3.63, 3.8) is 0 Å². The van der Waals surface area contributed by atoms with Crippen LogP contribution in [0.15, 0.2) is 42.5 Å². The van der Waals surface area contributed by atoms with Crippen LogP contribution in [0, 0.1) is 5.82 Å². The molecule has 1 amide bonds. The molecule has 26 heavy (non-hydrogen) atoms. The van der Waals surface area contributed by atoms with Gasteiger partial charge in [-0.15, -0.1) is 0 Å². The number of ether oxygens (including phenoxy) is 2. The molecular formula is C19H19ClFNO4. The Morgan fingerprint density at radius 1 is 1.19 bits per heavy atom. The van der Waals surface area contributed by atoms with Gasteiger partial charge >= 0.3 is 5.97 Å². The molecule has 2 rings (SSSR count). The largest absolute Gasteiger partial charge is 0.497 e. The summed E-state index contributed by atoms with van der Waals surface area (Å²) in [5.74, 6) is -0.851. The Kier molecular flexibility index (Phi) is 6.97. The standard InChI is InChI=1S/C19H19ClFNO4/c1-12(19(24)22-14-6-9-17(21)16(20)11-14)26-18(23)10-5-13-3-7-15(25-2)8-4-13/h3-4,6-9,11-12H,5,10H2,1-2H3,(H,22,24)/t12-/m0/s1. The number of hydrogen-bond acceptors (Lipinski definition) is 4. The fourth-order valence-electron chi connectivity index (χ4n) is 2.17. The van der Waals surface area contributed by atoms with Crippen molar-refractivity contribution in [3.8, 4) is 5.75 Å². The predicted molar refractivity (Wildman–Crippen MR) is 96.9 cm³/mol. The second-order valence-corrected chi connectivity index (χ2v) is 6.01. The highest BCUT2D eigenvalue weighted by Crippen LogP contribution is 2.19. The van der Waals surface area contributed by atoms with E-state index in [4.69, 9.17) is 21.1 Å². The molecule has 0 bridgehead atoms. The maximum atomic E-state index is 13.1. The number of anilines is 1. The smallest absolute Gasteiger partial charge is 0.306 e. The van der Waals surface area contributed by atoms with Crippen LogP contribution in [0.1, 0.15) is 18.9 Å². The van der Waals surface area contributed by atoms with Gasteiger partial charge in [0.1, 0.15) is 11.6 Å². The molecule has 0 fully saturated rings. The minimum atomic E-state index is -0.984. The van der Waals surface area contributed by atoms with Crippen molar-refractivity contribution < 1.29 is 23.5 Å². The van der Waals surface area contributed by atoms with E-state index in [1.54, 1.807) is 7.11 Å². The van der Waals surface area contributed by atoms with Crippen LogP contribution < -0.4 is 10.1 Å². The number of halogens is 2. The van der Waals surface area contributed by atoms with E-state index in [9.17, 15) is 14.0 Å². The first-order valence-corrected chi connectivity index (χ1v) is 8.35. The Morgan fingerprint density at radius 3 is 2.50 bits per heavy atom. The van der Waals surface area contributed by atoms with Crippen LogP contribution in [0.3, 0.4) is 0 Å². The number of amides is 1. The Hall–Kier alpha value is -2.60. The van der Waals surface area contributed by atoms with Crippen LogP contribution in [-0.2, 0) is 20.7 Å². The van der Waals surface area contributed by atoms with Gasteiger partial charge in [0, 0.05) is 12.1 Å². The molecule has 0 aliphatic carbocycles. The summed E-state index contributed by atoms with van der Waals surface area (Å²) in [7, 11) is 1.58. The SMILES string of the molecule is COc1ccc(CCC(=O)O[C@@H](C)C(=O)Nc2ccc(F)c(Cl)c2)cc1. The number of hydrogen-bond donors (Lipinski definition) is 1. The summed E-state index contributed by atoms with van der Waals surface area (Å²) in [6.45, 7) is 1.46. The molecule has 2 aromatic rings. The molecule has 0 aliphatic rings. The lowest BCUT2D eigenvalue weighted by atomic mass is 10.1. The van der Waals surface area contributed by atoms with Crippen LogP contribution in [0.2, 0.25) is 5.02 Å². The highest BCUT2D eigenvalue weighted by Gasteiger charge is 2.18. The normalized spacial score (nSPS) is 11.5. The van der Waals surface area contributed by atoms with E-state index in [0.717, 1.165) is 17.4 Å². The third-order valence-electron chi connectivity index (χ3n) is 3.64. The highest BCUT2D eigenvalue weighted by atomic mass is 35.5. The van der Waals surface area contributed by atoms with Crippen molar-refractivity contribution in [1.29, 1.82) is 0 Å². The summed E-state index contributed by atoms with van der Waals surface area (Å²) in [5.41, 5.74) is 1.28. The highest BCUT2D eigenvalue weighted by molar-refractivity contribution is 6.31. The molecule has 0 aromatic heterocycles. The molecule has 0 unspecified atom stereocenters. The molecule has 0 aliphatic heterocycles. The second kappa shape index (κ2) is 9.20. The molecule has 7 heteroatoms. The number of carbonyl (C=O) groups is 2. The van der Waals surface area contributed by atoms with Crippen molar-refractivity contribution in [2.45, 2.75) is 25.9 Å². The fraction of sp³-hybridized carbons (Fsp3) is 0.263. The number of esters is 1. The second-order valence-electron chi connectivity index (χ2n) is 5.60. The number of carbonyl (C=O) groups excluding carboxylic acids is 2. The average molecular weight is 380 g/mol. The first-order valence-electron chi connectivity index (χ1n) is 7.97. The Bertz CT molecular complexity index is 780. The Labute approximate surface area is 156 Å². The Balaban J connectivity index is 1.81. The molecular weight excluding hydrogens is 361 g/mol. The molecule has 0 saturated carbocycles. The van der Waals surface area contributed by atoms with Crippen molar-refractivity contribution >= 4 is 29.2 Å². The van der Waals surface area contributed by atoms with Gasteiger partial charge in [-0.3, -0.25) is 9.59 Å². The summed E-state index contributed by atoms with van der Waals surface area (Å²) >= 11 is 5.66. The van der Waals surface area contributed by atoms with Crippen LogP contribution in [0.25, 0.3) is 0 Å². The third kappa shape index (κ3) is 5.74. The number of nitrogens with one attached hydrogen (secondary N) is 1. The third-order valence-corrected chi connectivity index (χ3v) is 3.93. The zero-order valence-corrected chi connectivity index (χ0v) is 15.2. The fourth-order valence-corrected chi connectivity index (χ4v) is 2.35. The molecule has 2 aromatic carbocycles. The quantitative estimate of drug-likeness (QED) is 0.739. The number of benzene rings is 2. The molecule has 5 nitrogen and oxygen atoms in total. The van der Waals surface area contributed by atoms with Gasteiger partial charge in [-0.25, -0.2) is 4.39 Å². The summed E-state index contributed by atoms with van der Waals surface area (Å²) in [4.78, 5) is 24.0. The van der Waals surface area contributed by atoms with Gasteiger partial charge in [-0.1, -0.05) is 23.7 Å². The summed E-state index contributed by atoms with van der Waals surface area (Å²) in [6, 6.07) is 11.1. The van der Waals surface area contributed by atoms with Gasteiger partial charge in [0.15, 0.2) is 6.10 Å². The van der Waals surface area contributed by atoms with E-state index in [1.165, 1.54) is 19.1 Å². The van der Waals surface area contributed by atoms with Crippen LogP contribution in [-0.4, -0.2) is 25.1 Å². The molecule has 0 radical (unpaired) electrons. The van der Waals surface area contributed by atoms with Gasteiger partial charge in [0.25, 0.3) is 5.91 Å².